The first-order chi connectivity index (χ1) is 36.2. The van der Waals surface area contributed by atoms with Crippen LogP contribution >= 0.6 is 0 Å². The average Bonchev–Trinajstić information content (AvgIpc) is 3.42. The van der Waals surface area contributed by atoms with Gasteiger partial charge in [0.25, 0.3) is 0 Å². The zero-order valence-electron chi connectivity index (χ0n) is 47.9. The largest absolute Gasteiger partial charge is 0.490 e. The Morgan fingerprint density at radius 2 is 0.479 bits per heavy atom. The van der Waals surface area contributed by atoms with Crippen molar-refractivity contribution in [2.75, 3.05) is 13.2 Å². The molecular formula is C67H110N4O2. The monoisotopic (exact) mass is 1000 g/mol. The minimum absolute atomic E-state index is 0.757. The van der Waals surface area contributed by atoms with E-state index < -0.39 is 0 Å². The van der Waals surface area contributed by atoms with E-state index in [0.29, 0.717) is 0 Å². The highest BCUT2D eigenvalue weighted by Crippen LogP contribution is 2.22. The highest BCUT2D eigenvalue weighted by molar-refractivity contribution is 5.56. The second-order valence-electron chi connectivity index (χ2n) is 21.4. The van der Waals surface area contributed by atoms with E-state index in [1.807, 2.05) is 24.8 Å². The van der Waals surface area contributed by atoms with Crippen LogP contribution in [0.15, 0.2) is 73.3 Å². The lowest BCUT2D eigenvalue weighted by Crippen LogP contribution is -1.99. The molecule has 0 saturated carbocycles. The number of unbranched alkanes of at least 4 members (excludes halogenated alkanes) is 35. The molecule has 0 radical (unpaired) electrons. The first-order valence-electron chi connectivity index (χ1n) is 31.2. The van der Waals surface area contributed by atoms with E-state index in [1.54, 1.807) is 0 Å². The van der Waals surface area contributed by atoms with Gasteiger partial charge in [-0.2, -0.15) is 0 Å². The highest BCUT2D eigenvalue weighted by atomic mass is 16.5. The molecular weight excluding hydrogens is 893 g/mol. The molecule has 0 aliphatic rings. The Labute approximate surface area is 450 Å². The van der Waals surface area contributed by atoms with Crippen molar-refractivity contribution in [1.29, 1.82) is 0 Å². The van der Waals surface area contributed by atoms with Gasteiger partial charge in [-0.3, -0.25) is 0 Å². The van der Waals surface area contributed by atoms with Gasteiger partial charge in [0.15, 0.2) is 23.1 Å². The molecule has 4 aromatic rings. The number of rotatable bonds is 47. The number of aryl methyl sites for hydroxylation is 2. The third-order valence-corrected chi connectivity index (χ3v) is 14.6. The lowest BCUT2D eigenvalue weighted by molar-refractivity contribution is 0.302. The van der Waals surface area contributed by atoms with E-state index >= 15 is 0 Å². The molecule has 0 aliphatic carbocycles. The van der Waals surface area contributed by atoms with Crippen molar-refractivity contribution in [2.24, 2.45) is 0 Å². The van der Waals surface area contributed by atoms with Crippen molar-refractivity contribution in [3.05, 3.63) is 84.4 Å². The van der Waals surface area contributed by atoms with Crippen LogP contribution in [0.1, 0.15) is 289 Å². The zero-order valence-corrected chi connectivity index (χ0v) is 47.9. The highest BCUT2D eigenvalue weighted by Gasteiger charge is 2.06. The Balaban J connectivity index is 0.000000385. The summed E-state index contributed by atoms with van der Waals surface area (Å²) >= 11 is 0. The number of hydrogen-bond donors (Lipinski definition) is 0. The first-order valence-corrected chi connectivity index (χ1v) is 31.2. The number of nitrogens with zero attached hydrogens (tertiary/aromatic N) is 4. The molecule has 410 valence electrons. The van der Waals surface area contributed by atoms with Crippen molar-refractivity contribution >= 4 is 0 Å². The standard InChI is InChI=1S/C34H56N2O.C33H54N2O/c1-3-5-7-9-11-13-14-15-16-18-20-22-28-37-33-29-35-34(36-30-33)32-26-24-31(25-27-32)23-21-19-17-12-10-8-6-4-2;1-3-5-7-9-11-12-13-14-15-17-19-21-27-36-32-28-34-33(35-29-32)31-25-23-30(24-26-31)22-20-18-16-10-8-6-4-2/h24-27,29-30H,3-23,28H2,1-2H3;23-26,28-29H,3-22,27H2,1-2H3. The number of ether oxygens (including phenoxy) is 2. The number of aromatic nitrogens is 4. The summed E-state index contributed by atoms with van der Waals surface area (Å²) in [6.45, 7) is 10.6. The van der Waals surface area contributed by atoms with Crippen LogP contribution in [-0.2, 0) is 12.8 Å². The minimum Gasteiger partial charge on any atom is -0.490 e. The second kappa shape index (κ2) is 46.7. The van der Waals surface area contributed by atoms with E-state index in [4.69, 9.17) is 9.47 Å². The predicted molar refractivity (Wildman–Crippen MR) is 316 cm³/mol. The van der Waals surface area contributed by atoms with Gasteiger partial charge in [0.1, 0.15) is 0 Å². The van der Waals surface area contributed by atoms with Crippen LogP contribution < -0.4 is 9.47 Å². The van der Waals surface area contributed by atoms with Crippen LogP contribution in [0.2, 0.25) is 0 Å². The first kappa shape index (κ1) is 63.5. The third kappa shape index (κ3) is 34.4. The fraction of sp³-hybridized carbons (Fsp3) is 0.701. The quantitative estimate of drug-likeness (QED) is 0.0411. The summed E-state index contributed by atoms with van der Waals surface area (Å²) in [7, 11) is 0. The Kier molecular flexibility index (Phi) is 40.6. The van der Waals surface area contributed by atoms with Gasteiger partial charge in [-0.15, -0.1) is 0 Å². The SMILES string of the molecule is CCCCCCCCCCCCCCOc1cnc(-c2ccc(CCCCCCCCC)cc2)nc1.CCCCCCCCCCCCCCOc1cnc(-c2ccc(CCCCCCCCCC)cc2)nc1. The van der Waals surface area contributed by atoms with Crippen LogP contribution in [0.25, 0.3) is 22.8 Å². The Morgan fingerprint density at radius 3 is 0.726 bits per heavy atom. The molecule has 0 aliphatic heterocycles. The van der Waals surface area contributed by atoms with Crippen LogP contribution in [0.5, 0.6) is 11.5 Å². The smallest absolute Gasteiger partial charge is 0.159 e. The van der Waals surface area contributed by atoms with Crippen molar-refractivity contribution in [3.8, 4) is 34.3 Å². The fourth-order valence-corrected chi connectivity index (χ4v) is 9.74. The lowest BCUT2D eigenvalue weighted by atomic mass is 10.0. The molecule has 0 amide bonds. The third-order valence-electron chi connectivity index (χ3n) is 14.6. The van der Waals surface area contributed by atoms with Gasteiger partial charge >= 0.3 is 0 Å². The maximum absolute atomic E-state index is 5.87. The molecule has 4 rings (SSSR count). The molecule has 0 bridgehead atoms. The predicted octanol–water partition coefficient (Wildman–Crippen LogP) is 21.4. The molecule has 6 heteroatoms. The van der Waals surface area contributed by atoms with Gasteiger partial charge < -0.3 is 9.47 Å². The number of hydrogen-bond acceptors (Lipinski definition) is 6. The van der Waals surface area contributed by atoms with Crippen molar-refractivity contribution in [1.82, 2.24) is 19.9 Å². The van der Waals surface area contributed by atoms with Gasteiger partial charge in [-0.25, -0.2) is 19.9 Å². The van der Waals surface area contributed by atoms with Gasteiger partial charge in [0.05, 0.1) is 38.0 Å². The Bertz CT molecular complexity index is 1760. The minimum atomic E-state index is 0.757. The molecule has 0 saturated heterocycles. The molecule has 0 N–H and O–H groups in total. The molecule has 2 heterocycles. The maximum Gasteiger partial charge on any atom is 0.159 e. The normalized spacial score (nSPS) is 11.2. The molecule has 2 aromatic heterocycles. The molecule has 0 atom stereocenters. The Morgan fingerprint density at radius 1 is 0.260 bits per heavy atom. The van der Waals surface area contributed by atoms with Crippen molar-refractivity contribution < 1.29 is 9.47 Å². The average molecular weight is 1000 g/mol. The van der Waals surface area contributed by atoms with E-state index in [9.17, 15) is 0 Å². The van der Waals surface area contributed by atoms with Gasteiger partial charge in [-0.1, -0.05) is 301 Å². The van der Waals surface area contributed by atoms with E-state index in [-0.39, 0.29) is 0 Å². The summed E-state index contributed by atoms with van der Waals surface area (Å²) < 4.78 is 11.7. The molecule has 73 heavy (non-hydrogen) atoms. The van der Waals surface area contributed by atoms with Gasteiger partial charge in [-0.05, 0) is 49.7 Å². The summed E-state index contributed by atoms with van der Waals surface area (Å²) in [4.78, 5) is 18.1. The molecule has 0 fully saturated rings. The maximum atomic E-state index is 5.87. The van der Waals surface area contributed by atoms with Gasteiger partial charge in [0.2, 0.25) is 0 Å². The summed E-state index contributed by atoms with van der Waals surface area (Å²) in [5, 5.41) is 0. The van der Waals surface area contributed by atoms with Crippen LogP contribution in [0.3, 0.4) is 0 Å². The van der Waals surface area contributed by atoms with Crippen molar-refractivity contribution in [2.45, 2.75) is 291 Å². The molecule has 2 aromatic carbocycles. The topological polar surface area (TPSA) is 70.0 Å². The summed E-state index contributed by atoms with van der Waals surface area (Å²) in [6, 6.07) is 17.5. The van der Waals surface area contributed by atoms with Crippen LogP contribution in [-0.4, -0.2) is 33.1 Å². The zero-order chi connectivity index (χ0) is 51.8. The van der Waals surface area contributed by atoms with E-state index in [1.165, 1.54) is 262 Å². The fourth-order valence-electron chi connectivity index (χ4n) is 9.74. The van der Waals surface area contributed by atoms with Crippen LogP contribution in [0.4, 0.5) is 0 Å². The van der Waals surface area contributed by atoms with E-state index in [2.05, 4.69) is 96.2 Å². The van der Waals surface area contributed by atoms with Crippen LogP contribution in [0, 0.1) is 0 Å². The summed E-state index contributed by atoms with van der Waals surface area (Å²) in [5.74, 6) is 3.10. The summed E-state index contributed by atoms with van der Waals surface area (Å²) in [5.41, 5.74) is 4.98. The lowest BCUT2D eigenvalue weighted by Gasteiger charge is -2.07. The van der Waals surface area contributed by atoms with Gasteiger partial charge in [0, 0.05) is 11.1 Å². The molecule has 0 unspecified atom stereocenters. The Hall–Kier alpha value is -3.80. The summed E-state index contributed by atoms with van der Waals surface area (Å²) in [6.07, 6.45) is 62.7. The van der Waals surface area contributed by atoms with Crippen molar-refractivity contribution in [3.63, 3.8) is 0 Å². The molecule has 0 spiro atoms. The molecule has 6 nitrogen and oxygen atoms in total. The second-order valence-corrected chi connectivity index (χ2v) is 21.4. The van der Waals surface area contributed by atoms with E-state index in [0.717, 1.165) is 60.3 Å². The number of benzene rings is 2.